The molecule has 0 aromatic heterocycles. The van der Waals surface area contributed by atoms with Gasteiger partial charge in [0, 0.05) is 18.3 Å². The van der Waals surface area contributed by atoms with E-state index in [2.05, 4.69) is 6.92 Å². The lowest BCUT2D eigenvalue weighted by atomic mass is 9.83. The molecule has 1 fully saturated rings. The molecule has 0 heterocycles. The molecule has 2 rings (SSSR count). The van der Waals surface area contributed by atoms with E-state index in [1.165, 1.54) is 12.8 Å². The van der Waals surface area contributed by atoms with Crippen LogP contribution in [0.15, 0.2) is 24.3 Å². The van der Waals surface area contributed by atoms with Gasteiger partial charge >= 0.3 is 0 Å². The van der Waals surface area contributed by atoms with Crippen LogP contribution in [0.4, 0.5) is 0 Å². The molecule has 1 aliphatic carbocycles. The van der Waals surface area contributed by atoms with Crippen LogP contribution in [0.1, 0.15) is 63.9 Å². The van der Waals surface area contributed by atoms with Crippen molar-refractivity contribution in [2.24, 2.45) is 5.41 Å². The molecule has 0 amide bonds. The molecule has 28 heavy (non-hydrogen) atoms. The average Bonchev–Trinajstić information content (AvgIpc) is 2.71. The highest BCUT2D eigenvalue weighted by atomic mass is 16.5. The molecule has 1 saturated carbocycles. The first-order valence-electron chi connectivity index (χ1n) is 9.96. The maximum Gasteiger partial charge on any atom is 0.140 e. The van der Waals surface area contributed by atoms with Gasteiger partial charge in [0.25, 0.3) is 0 Å². The maximum atomic E-state index is 11.5. The van der Waals surface area contributed by atoms with Crippen molar-refractivity contribution in [3.63, 3.8) is 0 Å². The summed E-state index contributed by atoms with van der Waals surface area (Å²) in [4.78, 5) is 23.0. The number of ether oxygens (including phenoxy) is 1. The lowest BCUT2D eigenvalue weighted by Gasteiger charge is -2.20. The van der Waals surface area contributed by atoms with Crippen LogP contribution in [-0.4, -0.2) is 53.3 Å². The molecule has 3 N–H and O–H groups in total. The van der Waals surface area contributed by atoms with Crippen LogP contribution in [0.5, 0.6) is 5.75 Å². The molecular weight excluding hydrogens is 360 g/mol. The number of aliphatic hydroxyl groups excluding tert-OH is 3. The van der Waals surface area contributed by atoms with Crippen molar-refractivity contribution < 1.29 is 29.6 Å². The summed E-state index contributed by atoms with van der Waals surface area (Å²) in [6.07, 6.45) is 4.54. The molecule has 0 saturated heterocycles. The average molecular weight is 395 g/mol. The fraction of sp³-hybridized carbons (Fsp3) is 0.636. The fourth-order valence-corrected chi connectivity index (χ4v) is 2.75. The van der Waals surface area contributed by atoms with Crippen LogP contribution in [0.25, 0.3) is 0 Å². The van der Waals surface area contributed by atoms with E-state index in [0.29, 0.717) is 12.8 Å². The molecule has 6 nitrogen and oxygen atoms in total. The molecule has 1 aliphatic rings. The number of rotatable bonds is 9. The number of ketones is 2. The molecule has 158 valence electrons. The molecular formula is C22H34O6. The number of carbonyl (C=O) groups excluding carboxylic acids is 2. The lowest BCUT2D eigenvalue weighted by Crippen LogP contribution is -2.29. The molecule has 0 spiro atoms. The summed E-state index contributed by atoms with van der Waals surface area (Å²) in [5, 5.41) is 25.4. The van der Waals surface area contributed by atoms with Gasteiger partial charge in [-0.25, -0.2) is 0 Å². The predicted octanol–water partition coefficient (Wildman–Crippen LogP) is 2.63. The first kappa shape index (κ1) is 24.3. The summed E-state index contributed by atoms with van der Waals surface area (Å²) in [6.45, 7) is 3.97. The van der Waals surface area contributed by atoms with Crippen molar-refractivity contribution in [2.75, 3.05) is 26.4 Å². The number of hydrogen-bond donors (Lipinski definition) is 3. The van der Waals surface area contributed by atoms with Gasteiger partial charge in [0.15, 0.2) is 0 Å². The van der Waals surface area contributed by atoms with Gasteiger partial charge in [0.05, 0.1) is 32.8 Å². The Balaban J connectivity index is 0.000000416. The van der Waals surface area contributed by atoms with E-state index in [4.69, 9.17) is 20.1 Å². The van der Waals surface area contributed by atoms with Crippen LogP contribution < -0.4 is 4.74 Å². The van der Waals surface area contributed by atoms with Gasteiger partial charge in [-0.1, -0.05) is 38.8 Å². The largest absolute Gasteiger partial charge is 0.494 e. The first-order valence-corrected chi connectivity index (χ1v) is 9.96. The maximum absolute atomic E-state index is 11.5. The highest BCUT2D eigenvalue weighted by molar-refractivity contribution is 6.02. The Labute approximate surface area is 167 Å². The minimum absolute atomic E-state index is 0.0536. The summed E-state index contributed by atoms with van der Waals surface area (Å²) in [7, 11) is 0. The molecule has 1 aromatic rings. The van der Waals surface area contributed by atoms with Gasteiger partial charge in [-0.15, -0.1) is 0 Å². The summed E-state index contributed by atoms with van der Waals surface area (Å²) in [5.74, 6) is 1.04. The first-order chi connectivity index (χ1) is 13.4. The second-order valence-electron chi connectivity index (χ2n) is 7.77. The number of benzene rings is 1. The number of hydrogen-bond acceptors (Lipinski definition) is 6. The van der Waals surface area contributed by atoms with Crippen LogP contribution >= 0.6 is 0 Å². The Bertz CT molecular complexity index is 567. The zero-order valence-electron chi connectivity index (χ0n) is 17.0. The van der Waals surface area contributed by atoms with Crippen LogP contribution in [0.3, 0.4) is 0 Å². The standard InChI is InChI=1S/C17H22O3.C5H12O3/c1-2-3-4-9-20-17-7-5-13(6-8-17)14-10-15(18)12-16(19)11-14;1-5(2-6,3-7)4-8/h5-8,14H,2-4,9-12H2,1H3;6-8H,2-4H2,1H3. The second kappa shape index (κ2) is 12.6. The second-order valence-corrected chi connectivity index (χ2v) is 7.77. The van der Waals surface area contributed by atoms with E-state index in [-0.39, 0.29) is 43.7 Å². The molecule has 0 radical (unpaired) electrons. The number of carbonyl (C=O) groups is 2. The number of Topliss-reactive ketones (excluding diaryl/α,β-unsaturated/α-hetero) is 2. The number of aliphatic hydroxyl groups is 3. The zero-order valence-corrected chi connectivity index (χ0v) is 17.0. The summed E-state index contributed by atoms with van der Waals surface area (Å²) in [6, 6.07) is 7.83. The summed E-state index contributed by atoms with van der Waals surface area (Å²) >= 11 is 0. The third kappa shape index (κ3) is 8.50. The minimum atomic E-state index is -0.708. The summed E-state index contributed by atoms with van der Waals surface area (Å²) in [5.41, 5.74) is 0.354. The van der Waals surface area contributed by atoms with Gasteiger partial charge in [0.2, 0.25) is 0 Å². The molecule has 1 aromatic carbocycles. The monoisotopic (exact) mass is 394 g/mol. The molecule has 0 bridgehead atoms. The third-order valence-corrected chi connectivity index (χ3v) is 4.86. The van der Waals surface area contributed by atoms with E-state index in [0.717, 1.165) is 24.3 Å². The van der Waals surface area contributed by atoms with Crippen LogP contribution in [0, 0.1) is 5.41 Å². The normalized spacial score (nSPS) is 15.2. The molecule has 0 unspecified atom stereocenters. The van der Waals surface area contributed by atoms with Gasteiger partial charge in [-0.05, 0) is 30.0 Å². The van der Waals surface area contributed by atoms with Crippen molar-refractivity contribution in [3.05, 3.63) is 29.8 Å². The van der Waals surface area contributed by atoms with Crippen LogP contribution in [-0.2, 0) is 9.59 Å². The van der Waals surface area contributed by atoms with E-state index in [9.17, 15) is 9.59 Å². The van der Waals surface area contributed by atoms with Crippen molar-refractivity contribution in [2.45, 2.75) is 58.3 Å². The van der Waals surface area contributed by atoms with E-state index < -0.39 is 5.41 Å². The Morgan fingerprint density at radius 1 is 0.964 bits per heavy atom. The quantitative estimate of drug-likeness (QED) is 0.439. The SMILES string of the molecule is CC(CO)(CO)CO.CCCCCOc1ccc(C2CC(=O)CC(=O)C2)cc1. The Hall–Kier alpha value is -1.76. The van der Waals surface area contributed by atoms with E-state index in [1.807, 2.05) is 24.3 Å². The van der Waals surface area contributed by atoms with Gasteiger partial charge in [-0.3, -0.25) is 9.59 Å². The molecule has 6 heteroatoms. The third-order valence-electron chi connectivity index (χ3n) is 4.86. The van der Waals surface area contributed by atoms with Crippen molar-refractivity contribution >= 4 is 11.6 Å². The Morgan fingerprint density at radius 2 is 1.50 bits per heavy atom. The van der Waals surface area contributed by atoms with E-state index in [1.54, 1.807) is 6.92 Å². The van der Waals surface area contributed by atoms with Crippen molar-refractivity contribution in [1.82, 2.24) is 0 Å². The minimum Gasteiger partial charge on any atom is -0.494 e. The zero-order chi connectivity index (χ0) is 21.0. The topological polar surface area (TPSA) is 104 Å². The van der Waals surface area contributed by atoms with E-state index >= 15 is 0 Å². The highest BCUT2D eigenvalue weighted by Gasteiger charge is 2.26. The fourth-order valence-electron chi connectivity index (χ4n) is 2.75. The van der Waals surface area contributed by atoms with Crippen molar-refractivity contribution in [3.8, 4) is 5.75 Å². The Morgan fingerprint density at radius 3 is 1.93 bits per heavy atom. The van der Waals surface area contributed by atoms with Crippen LogP contribution in [0.2, 0.25) is 0 Å². The smallest absolute Gasteiger partial charge is 0.140 e. The van der Waals surface area contributed by atoms with Gasteiger partial charge in [0.1, 0.15) is 17.3 Å². The molecule has 0 atom stereocenters. The lowest BCUT2D eigenvalue weighted by molar-refractivity contribution is -0.130. The Kier molecular flexibility index (Phi) is 11.0. The van der Waals surface area contributed by atoms with Crippen molar-refractivity contribution in [1.29, 1.82) is 0 Å². The molecule has 0 aliphatic heterocycles. The van der Waals surface area contributed by atoms with Gasteiger partial charge in [-0.2, -0.15) is 0 Å². The van der Waals surface area contributed by atoms with Gasteiger partial charge < -0.3 is 20.1 Å². The number of unbranched alkanes of at least 4 members (excludes halogenated alkanes) is 2. The predicted molar refractivity (Wildman–Crippen MR) is 107 cm³/mol. The highest BCUT2D eigenvalue weighted by Crippen LogP contribution is 2.30. The summed E-state index contributed by atoms with van der Waals surface area (Å²) < 4.78 is 5.66.